The van der Waals surface area contributed by atoms with E-state index in [1.807, 2.05) is 6.33 Å². The molecule has 0 radical (unpaired) electrons. The van der Waals surface area contributed by atoms with Gasteiger partial charge in [-0.25, -0.2) is 0 Å². The minimum atomic E-state index is 0.613. The molecule has 1 saturated carbocycles. The molecule has 6 heteroatoms. The molecular weight excluding hydrogens is 300 g/mol. The van der Waals surface area contributed by atoms with Crippen molar-refractivity contribution in [3.8, 4) is 0 Å². The van der Waals surface area contributed by atoms with Gasteiger partial charge in [0.05, 0.1) is 6.54 Å². The maximum Gasteiger partial charge on any atom is 0.194 e. The summed E-state index contributed by atoms with van der Waals surface area (Å²) < 4.78 is 2.12. The summed E-state index contributed by atoms with van der Waals surface area (Å²) in [4.78, 5) is 7.42. The van der Waals surface area contributed by atoms with Crippen LogP contribution in [0, 0.1) is 5.92 Å². The topological polar surface area (TPSA) is 58.3 Å². The lowest BCUT2D eigenvalue weighted by molar-refractivity contribution is 0.263. The van der Waals surface area contributed by atoms with Gasteiger partial charge in [-0.05, 0) is 31.6 Å². The molecule has 1 aliphatic carbocycles. The first kappa shape index (κ1) is 17.2. The van der Waals surface area contributed by atoms with E-state index in [1.54, 1.807) is 0 Å². The predicted molar refractivity (Wildman–Crippen MR) is 97.1 cm³/mol. The molecule has 134 valence electrons. The Morgan fingerprint density at radius 3 is 2.88 bits per heavy atom. The third kappa shape index (κ3) is 4.48. The Morgan fingerprint density at radius 1 is 1.29 bits per heavy atom. The molecule has 6 nitrogen and oxygen atoms in total. The van der Waals surface area contributed by atoms with Crippen molar-refractivity contribution in [1.82, 2.24) is 25.0 Å². The second kappa shape index (κ2) is 8.49. The average Bonchev–Trinajstić information content (AvgIpc) is 3.25. The van der Waals surface area contributed by atoms with Crippen LogP contribution in [0.25, 0.3) is 0 Å². The molecule has 1 aliphatic heterocycles. The third-order valence-corrected chi connectivity index (χ3v) is 5.26. The molecule has 0 spiro atoms. The van der Waals surface area contributed by atoms with Crippen LogP contribution < -0.4 is 5.32 Å². The number of aryl methyl sites for hydroxylation is 1. The Bertz CT molecular complexity index is 531. The molecular formula is C18H32N6. The third-order valence-electron chi connectivity index (χ3n) is 5.26. The van der Waals surface area contributed by atoms with E-state index >= 15 is 0 Å². The number of aliphatic imine (C=N–C) groups is 1. The standard InChI is InChI=1S/C18H32N6/c1-3-17-22-20-14-24(17)12-10-19-18(21-16-8-4-5-9-16)23-11-6-7-15(2)13-23/h14-16H,3-13H2,1-2H3,(H,19,21). The Labute approximate surface area is 145 Å². The second-order valence-electron chi connectivity index (χ2n) is 7.32. The Morgan fingerprint density at radius 2 is 2.12 bits per heavy atom. The normalized spacial score (nSPS) is 23.0. The van der Waals surface area contributed by atoms with Crippen LogP contribution in [0.1, 0.15) is 58.2 Å². The van der Waals surface area contributed by atoms with Gasteiger partial charge < -0.3 is 14.8 Å². The second-order valence-corrected chi connectivity index (χ2v) is 7.32. The van der Waals surface area contributed by atoms with Gasteiger partial charge in [0.2, 0.25) is 0 Å². The zero-order valence-electron chi connectivity index (χ0n) is 15.2. The highest BCUT2D eigenvalue weighted by Crippen LogP contribution is 2.20. The fraction of sp³-hybridized carbons (Fsp3) is 0.833. The fourth-order valence-corrected chi connectivity index (χ4v) is 3.87. The largest absolute Gasteiger partial charge is 0.354 e. The molecule has 2 fully saturated rings. The van der Waals surface area contributed by atoms with Gasteiger partial charge in [0, 0.05) is 32.1 Å². The zero-order chi connectivity index (χ0) is 16.8. The van der Waals surface area contributed by atoms with Crippen LogP contribution in [0.15, 0.2) is 11.3 Å². The van der Waals surface area contributed by atoms with Crippen LogP contribution >= 0.6 is 0 Å². The van der Waals surface area contributed by atoms with E-state index in [2.05, 4.69) is 38.8 Å². The summed E-state index contributed by atoms with van der Waals surface area (Å²) in [5.74, 6) is 2.93. The van der Waals surface area contributed by atoms with Crippen molar-refractivity contribution in [2.45, 2.75) is 71.4 Å². The van der Waals surface area contributed by atoms with Crippen molar-refractivity contribution >= 4 is 5.96 Å². The fourth-order valence-electron chi connectivity index (χ4n) is 3.87. The van der Waals surface area contributed by atoms with Gasteiger partial charge in [-0.15, -0.1) is 10.2 Å². The van der Waals surface area contributed by atoms with Crippen molar-refractivity contribution in [3.63, 3.8) is 0 Å². The molecule has 1 aromatic heterocycles. The summed E-state index contributed by atoms with van der Waals surface area (Å²) in [5.41, 5.74) is 0. The van der Waals surface area contributed by atoms with Gasteiger partial charge >= 0.3 is 0 Å². The SMILES string of the molecule is CCc1nncn1CCN=C(NC1CCCC1)N1CCCC(C)C1. The highest BCUT2D eigenvalue weighted by molar-refractivity contribution is 5.80. The van der Waals surface area contributed by atoms with E-state index in [0.717, 1.165) is 50.3 Å². The number of hydrogen-bond donors (Lipinski definition) is 1. The number of rotatable bonds is 5. The van der Waals surface area contributed by atoms with Crippen LogP contribution in [-0.4, -0.2) is 51.3 Å². The maximum atomic E-state index is 4.95. The Balaban J connectivity index is 1.63. The molecule has 0 aromatic carbocycles. The lowest BCUT2D eigenvalue weighted by atomic mass is 10.0. The summed E-state index contributed by atoms with van der Waals surface area (Å²) in [7, 11) is 0. The Hall–Kier alpha value is -1.59. The van der Waals surface area contributed by atoms with Gasteiger partial charge in [-0.1, -0.05) is 26.7 Å². The van der Waals surface area contributed by atoms with Crippen molar-refractivity contribution in [1.29, 1.82) is 0 Å². The van der Waals surface area contributed by atoms with Crippen LogP contribution in [0.2, 0.25) is 0 Å². The van der Waals surface area contributed by atoms with Crippen LogP contribution in [0.5, 0.6) is 0 Å². The first-order valence-corrected chi connectivity index (χ1v) is 9.69. The lowest BCUT2D eigenvalue weighted by Crippen LogP contribution is -2.49. The summed E-state index contributed by atoms with van der Waals surface area (Å²) in [6.07, 6.45) is 10.6. The van der Waals surface area contributed by atoms with Crippen molar-refractivity contribution < 1.29 is 0 Å². The summed E-state index contributed by atoms with van der Waals surface area (Å²) in [5, 5.41) is 11.9. The van der Waals surface area contributed by atoms with E-state index in [4.69, 9.17) is 4.99 Å². The number of nitrogens with zero attached hydrogens (tertiary/aromatic N) is 5. The minimum Gasteiger partial charge on any atom is -0.354 e. The molecule has 1 N–H and O–H groups in total. The summed E-state index contributed by atoms with van der Waals surface area (Å²) in [6, 6.07) is 0.613. The molecule has 2 aliphatic rings. The van der Waals surface area contributed by atoms with Crippen LogP contribution in [0.4, 0.5) is 0 Å². The predicted octanol–water partition coefficient (Wildman–Crippen LogP) is 2.46. The Kier molecular flexibility index (Phi) is 6.10. The number of hydrogen-bond acceptors (Lipinski definition) is 3. The quantitative estimate of drug-likeness (QED) is 0.665. The average molecular weight is 332 g/mol. The van der Waals surface area contributed by atoms with E-state index in [1.165, 1.54) is 38.5 Å². The van der Waals surface area contributed by atoms with Gasteiger partial charge in [-0.2, -0.15) is 0 Å². The minimum absolute atomic E-state index is 0.613. The zero-order valence-corrected chi connectivity index (χ0v) is 15.2. The summed E-state index contributed by atoms with van der Waals surface area (Å²) in [6.45, 7) is 8.37. The van der Waals surface area contributed by atoms with Crippen molar-refractivity contribution in [2.24, 2.45) is 10.9 Å². The molecule has 1 atom stereocenters. The number of likely N-dealkylation sites (tertiary alicyclic amines) is 1. The van der Waals surface area contributed by atoms with Gasteiger partial charge in [0.1, 0.15) is 12.2 Å². The molecule has 1 saturated heterocycles. The number of aromatic nitrogens is 3. The molecule has 1 unspecified atom stereocenters. The molecule has 1 aromatic rings. The van der Waals surface area contributed by atoms with Gasteiger partial charge in [0.25, 0.3) is 0 Å². The number of piperidine rings is 1. The monoisotopic (exact) mass is 332 g/mol. The summed E-state index contributed by atoms with van der Waals surface area (Å²) >= 11 is 0. The number of nitrogens with one attached hydrogen (secondary N) is 1. The van der Waals surface area contributed by atoms with Crippen molar-refractivity contribution in [3.05, 3.63) is 12.2 Å². The van der Waals surface area contributed by atoms with Gasteiger partial charge in [-0.3, -0.25) is 4.99 Å². The van der Waals surface area contributed by atoms with Gasteiger partial charge in [0.15, 0.2) is 5.96 Å². The first-order valence-electron chi connectivity index (χ1n) is 9.69. The van der Waals surface area contributed by atoms with Crippen LogP contribution in [0.3, 0.4) is 0 Å². The molecule has 2 heterocycles. The maximum absolute atomic E-state index is 4.95. The van der Waals surface area contributed by atoms with Crippen molar-refractivity contribution in [2.75, 3.05) is 19.6 Å². The van der Waals surface area contributed by atoms with Crippen LogP contribution in [-0.2, 0) is 13.0 Å². The molecule has 24 heavy (non-hydrogen) atoms. The number of guanidine groups is 1. The van der Waals surface area contributed by atoms with E-state index < -0.39 is 0 Å². The van der Waals surface area contributed by atoms with E-state index in [-0.39, 0.29) is 0 Å². The van der Waals surface area contributed by atoms with E-state index in [0.29, 0.717) is 6.04 Å². The molecule has 3 rings (SSSR count). The smallest absolute Gasteiger partial charge is 0.194 e. The highest BCUT2D eigenvalue weighted by atomic mass is 15.3. The first-order chi connectivity index (χ1) is 11.8. The highest BCUT2D eigenvalue weighted by Gasteiger charge is 2.23. The lowest BCUT2D eigenvalue weighted by Gasteiger charge is -2.35. The molecule has 0 amide bonds. The molecule has 0 bridgehead atoms. The van der Waals surface area contributed by atoms with E-state index in [9.17, 15) is 0 Å².